The molecule has 5 heterocycles. The zero-order valence-corrected chi connectivity index (χ0v) is 54.7. The second-order valence-electron chi connectivity index (χ2n) is 17.8. The summed E-state index contributed by atoms with van der Waals surface area (Å²) in [6.45, 7) is 10.2. The van der Waals surface area contributed by atoms with Gasteiger partial charge in [0, 0.05) is 45.4 Å². The van der Waals surface area contributed by atoms with Crippen LogP contribution >= 0.6 is 38.3 Å². The summed E-state index contributed by atoms with van der Waals surface area (Å²) in [5.41, 5.74) is 9.21. The number of benzene rings is 5. The van der Waals surface area contributed by atoms with Gasteiger partial charge in [0.15, 0.2) is 11.5 Å². The number of carbonyl (C=O) groups is 6. The molecular formula is C58H51B3BrF5IKN5O13. The molecule has 5 aromatic heterocycles. The summed E-state index contributed by atoms with van der Waals surface area (Å²) in [5, 5.41) is 30.4. The van der Waals surface area contributed by atoms with Gasteiger partial charge in [-0.15, -0.1) is 0 Å². The van der Waals surface area contributed by atoms with Crippen molar-refractivity contribution in [3.63, 3.8) is 0 Å². The number of aromatic nitrogens is 5. The Labute approximate surface area is 562 Å². The van der Waals surface area contributed by atoms with Crippen molar-refractivity contribution >= 4 is 157 Å². The number of aromatic carboxylic acids is 1. The van der Waals surface area contributed by atoms with Gasteiger partial charge in [-0.1, -0.05) is 46.3 Å². The molecule has 445 valence electrons. The van der Waals surface area contributed by atoms with Gasteiger partial charge in [0.05, 0.1) is 68.2 Å². The summed E-state index contributed by atoms with van der Waals surface area (Å²) >= 11 is 4.93. The minimum Gasteiger partial charge on any atom is -1.00 e. The molecule has 0 saturated heterocycles. The van der Waals surface area contributed by atoms with E-state index in [9.17, 15) is 60.9 Å². The number of allylic oxidation sites excluding steroid dienone is 1. The fourth-order valence-electron chi connectivity index (χ4n) is 8.34. The number of carbonyl (C=O) groups excluding carboxylic acids is 5. The third-order valence-corrected chi connectivity index (χ3v) is 13.0. The third-order valence-electron chi connectivity index (χ3n) is 12.3. The van der Waals surface area contributed by atoms with E-state index in [-0.39, 0.29) is 119 Å². The number of esters is 4. The van der Waals surface area contributed by atoms with E-state index in [1.165, 1.54) is 102 Å². The van der Waals surface area contributed by atoms with E-state index < -0.39 is 71.1 Å². The monoisotopic (exact) mass is 1400 g/mol. The molecule has 0 bridgehead atoms. The standard InChI is InChI=1S/C13H12FNO2.C12H12FNO3.C12H10FNO3.C11H10FNO3.C10H7BrFNO2.BI.2B.K/c1-7(2)8-4-5-10(14)12-9(8)6-11(15-12)13(16)17-3;2*1-6(15)7-3-4-9(13)11-8(7)5-10(14-11)12(16)17-2;1-5(14)6-2-3-8(12)10-7(6)4-9(13-10)11(15)16;1-15-10(14)8-4-5-6(11)2-3-7(12)9(5)13-8;1-2;;;/h4-6,15H,1H2,2-3H3;3-6,14-15H,1-2H3;3-5,14H,1-2H3;2-5,13-14H,1H3,(H,15,16);2-4,13H,1H3;;;;/q;;;;;;;-1;+1. The maximum Gasteiger partial charge on any atom is 1.00 e. The van der Waals surface area contributed by atoms with Crippen LogP contribution in [0.2, 0.25) is 0 Å². The normalized spacial score (nSPS) is 10.9. The number of halogens is 7. The molecule has 2 unspecified atom stereocenters. The van der Waals surface area contributed by atoms with E-state index in [0.29, 0.717) is 54.7 Å². The molecule has 9 radical (unpaired) electrons. The van der Waals surface area contributed by atoms with E-state index in [2.05, 4.69) is 72.1 Å². The molecule has 0 spiro atoms. The van der Waals surface area contributed by atoms with Crippen molar-refractivity contribution in [3.05, 3.63) is 182 Å². The molecular weight excluding hydrogens is 1350 g/mol. The minimum atomic E-state index is -1.16. The number of aliphatic hydroxyl groups excluding tert-OH is 2. The number of ether oxygens (including phenoxy) is 4. The summed E-state index contributed by atoms with van der Waals surface area (Å²) in [6.07, 6.45) is -1.51. The first kappa shape index (κ1) is 76.3. The van der Waals surface area contributed by atoms with Crippen molar-refractivity contribution in [2.75, 3.05) is 28.4 Å². The predicted octanol–water partition coefficient (Wildman–Crippen LogP) is 9.23. The number of H-pyrrole nitrogens is 5. The van der Waals surface area contributed by atoms with Crippen LogP contribution < -0.4 is 51.4 Å². The molecule has 0 saturated carbocycles. The van der Waals surface area contributed by atoms with Gasteiger partial charge in [0.1, 0.15) is 57.6 Å². The number of rotatable bonds is 9. The van der Waals surface area contributed by atoms with Crippen LogP contribution in [0.15, 0.2) is 102 Å². The number of nitrogens with one attached hydrogen (secondary N) is 5. The summed E-state index contributed by atoms with van der Waals surface area (Å²) in [7, 11) is 5.04. The van der Waals surface area contributed by atoms with E-state index >= 15 is 0 Å². The first-order chi connectivity index (χ1) is 39.8. The molecule has 10 aromatic rings. The van der Waals surface area contributed by atoms with Gasteiger partial charge in [-0.05, 0) is 117 Å². The summed E-state index contributed by atoms with van der Waals surface area (Å²) in [6, 6.07) is 21.2. The van der Waals surface area contributed by atoms with Gasteiger partial charge in [-0.3, -0.25) is 4.79 Å². The number of carboxylic acid groups (broad SMARTS) is 1. The first-order valence-electron chi connectivity index (χ1n) is 24.3. The largest absolute Gasteiger partial charge is 1.00 e. The fourth-order valence-corrected chi connectivity index (χ4v) is 8.78. The molecule has 8 N–H and O–H groups in total. The van der Waals surface area contributed by atoms with Crippen LogP contribution in [0.25, 0.3) is 60.1 Å². The van der Waals surface area contributed by atoms with Crippen molar-refractivity contribution in [1.29, 1.82) is 0 Å². The second kappa shape index (κ2) is 34.1. The zero-order valence-electron chi connectivity index (χ0n) is 47.8. The number of aromatic amines is 5. The number of Topliss-reactive ketones (excluding diaryl/α,β-unsaturated/α-hetero) is 1. The Morgan fingerprint density at radius 3 is 1.07 bits per heavy atom. The Morgan fingerprint density at radius 1 is 0.494 bits per heavy atom. The van der Waals surface area contributed by atoms with Crippen molar-refractivity contribution in [1.82, 2.24) is 24.9 Å². The van der Waals surface area contributed by atoms with Gasteiger partial charge in [-0.25, -0.2) is 45.9 Å². The molecule has 0 aliphatic rings. The quantitative estimate of drug-likeness (QED) is 0.0167. The van der Waals surface area contributed by atoms with Crippen molar-refractivity contribution in [3.8, 4) is 0 Å². The van der Waals surface area contributed by atoms with E-state index in [4.69, 9.17) is 5.11 Å². The van der Waals surface area contributed by atoms with Gasteiger partial charge in [0.25, 0.3) is 0 Å². The average Bonchev–Trinajstić information content (AvgIpc) is 2.17. The van der Waals surface area contributed by atoms with Crippen LogP contribution in [0, 0.1) is 29.1 Å². The molecule has 2 atom stereocenters. The maximum atomic E-state index is 13.6. The Kier molecular flexibility index (Phi) is 29.9. The van der Waals surface area contributed by atoms with Crippen LogP contribution in [0.1, 0.15) is 119 Å². The number of hydrogen-bond acceptors (Lipinski definition) is 12. The number of carboxylic acids is 1. The minimum absolute atomic E-state index is 0. The summed E-state index contributed by atoms with van der Waals surface area (Å²) in [5.74, 6) is -5.88. The Morgan fingerprint density at radius 2 is 0.759 bits per heavy atom. The van der Waals surface area contributed by atoms with Crippen LogP contribution in [-0.4, -0.2) is 127 Å². The maximum absolute atomic E-state index is 13.6. The Bertz CT molecular complexity index is 4000. The fraction of sp³-hybridized carbons (Fsp3) is 0.172. The average molecular weight is 1400 g/mol. The van der Waals surface area contributed by atoms with Crippen LogP contribution in [0.5, 0.6) is 0 Å². The third kappa shape index (κ3) is 17.9. The van der Waals surface area contributed by atoms with Crippen LogP contribution in [-0.2, 0) is 18.9 Å². The molecule has 87 heavy (non-hydrogen) atoms. The SMILES string of the molecule is C=C(C)c1ccc(F)c2[nH]c(C(=O)OC)cc12.CC(O)c1ccc(F)c2[nH]c(C(=O)O)cc12.COC(=O)c1cc2c(Br)ccc(F)c2[nH]1.COC(=O)c1cc2c(C(C)=O)ccc(F)c2[nH]1.COC(=O)c1cc2c(C(C)O)ccc(F)c2[nH]1.[B-].[B].[B]I.[K+]. The molecule has 10 rings (SSSR count). The van der Waals surface area contributed by atoms with Crippen molar-refractivity contribution < 1.29 is 136 Å². The number of methoxy groups -OCH3 is 4. The first-order valence-corrected chi connectivity index (χ1v) is 26.3. The topological polar surface area (TPSA) is 279 Å². The number of aliphatic hydroxyl groups is 2. The molecule has 5 aromatic carbocycles. The Balaban J connectivity index is 0.000000365. The summed E-state index contributed by atoms with van der Waals surface area (Å²) < 4.78 is 86.3. The Hall–Kier alpha value is -6.83. The van der Waals surface area contributed by atoms with E-state index in [0.717, 1.165) is 15.6 Å². The summed E-state index contributed by atoms with van der Waals surface area (Å²) in [4.78, 5) is 80.5. The van der Waals surface area contributed by atoms with Gasteiger partial charge in [-0.2, -0.15) is 22.4 Å². The second-order valence-corrected chi connectivity index (χ2v) is 18.7. The van der Waals surface area contributed by atoms with E-state index in [1.54, 1.807) is 60.5 Å². The van der Waals surface area contributed by atoms with E-state index in [1.807, 2.05) is 6.92 Å². The zero-order chi connectivity index (χ0) is 62.6. The smallest absolute Gasteiger partial charge is 1.00 e. The predicted molar refractivity (Wildman–Crippen MR) is 329 cm³/mol. The molecule has 0 amide bonds. The number of ketones is 1. The van der Waals surface area contributed by atoms with Gasteiger partial charge < -0.3 is 67.6 Å². The number of hydrogen-bond donors (Lipinski definition) is 8. The van der Waals surface area contributed by atoms with Gasteiger partial charge >= 0.3 is 81.2 Å². The van der Waals surface area contributed by atoms with Crippen LogP contribution in [0.4, 0.5) is 22.0 Å². The molecule has 18 nitrogen and oxygen atoms in total. The molecule has 0 aliphatic carbocycles. The number of fused-ring (bicyclic) bond motifs is 5. The van der Waals surface area contributed by atoms with Crippen molar-refractivity contribution in [2.45, 2.75) is 39.9 Å². The van der Waals surface area contributed by atoms with Crippen molar-refractivity contribution in [2.24, 2.45) is 0 Å². The molecule has 0 aliphatic heterocycles. The molecule has 0 fully saturated rings. The van der Waals surface area contributed by atoms with Crippen LogP contribution in [0.3, 0.4) is 0 Å². The molecule has 29 heteroatoms. The van der Waals surface area contributed by atoms with Gasteiger partial charge in [0.2, 0.25) is 0 Å².